The predicted octanol–water partition coefficient (Wildman–Crippen LogP) is 3.55. The van der Waals surface area contributed by atoms with Crippen molar-refractivity contribution in [3.05, 3.63) is 59.7 Å². The number of amides is 2. The SMILES string of the molecule is CCCC(CNC(=O)C1OCCC1CNC(=O)OCC1c2ccccc2-c2ccccc21)C(=O)O. The van der Waals surface area contributed by atoms with Crippen molar-refractivity contribution in [2.45, 2.75) is 38.2 Å². The number of carboxylic acid groups (broad SMARTS) is 1. The van der Waals surface area contributed by atoms with Crippen molar-refractivity contribution in [1.82, 2.24) is 10.6 Å². The number of benzene rings is 2. The summed E-state index contributed by atoms with van der Waals surface area (Å²) in [4.78, 5) is 36.4. The maximum atomic E-state index is 12.6. The molecule has 1 heterocycles. The maximum Gasteiger partial charge on any atom is 0.407 e. The number of carboxylic acids is 1. The summed E-state index contributed by atoms with van der Waals surface area (Å²) in [5.74, 6) is -2.11. The number of alkyl carbamates (subject to hydrolysis) is 1. The largest absolute Gasteiger partial charge is 0.481 e. The lowest BCUT2D eigenvalue weighted by Gasteiger charge is -2.20. The monoisotopic (exact) mass is 480 g/mol. The second-order valence-electron chi connectivity index (χ2n) is 9.12. The molecule has 1 aliphatic heterocycles. The second kappa shape index (κ2) is 11.4. The highest BCUT2D eigenvalue weighted by Crippen LogP contribution is 2.44. The molecule has 1 fully saturated rings. The summed E-state index contributed by atoms with van der Waals surface area (Å²) in [6, 6.07) is 16.3. The van der Waals surface area contributed by atoms with E-state index in [-0.39, 0.29) is 37.4 Å². The Morgan fingerprint density at radius 1 is 1.06 bits per heavy atom. The number of hydrogen-bond donors (Lipinski definition) is 3. The fraction of sp³-hybridized carbons (Fsp3) is 0.444. The summed E-state index contributed by atoms with van der Waals surface area (Å²) in [6.45, 7) is 2.84. The first-order chi connectivity index (χ1) is 17.0. The Labute approximate surface area is 205 Å². The van der Waals surface area contributed by atoms with E-state index in [2.05, 4.69) is 34.9 Å². The zero-order valence-electron chi connectivity index (χ0n) is 19.9. The lowest BCUT2D eigenvalue weighted by Crippen LogP contribution is -2.44. The summed E-state index contributed by atoms with van der Waals surface area (Å²) in [6.07, 6.45) is 0.582. The highest BCUT2D eigenvalue weighted by atomic mass is 16.5. The van der Waals surface area contributed by atoms with Crippen molar-refractivity contribution in [2.24, 2.45) is 11.8 Å². The molecule has 35 heavy (non-hydrogen) atoms. The summed E-state index contributed by atoms with van der Waals surface area (Å²) in [7, 11) is 0. The number of fused-ring (bicyclic) bond motifs is 3. The normalized spacial score (nSPS) is 19.5. The molecule has 3 unspecified atom stereocenters. The smallest absolute Gasteiger partial charge is 0.407 e. The van der Waals surface area contributed by atoms with Crippen LogP contribution in [0.1, 0.15) is 43.2 Å². The Morgan fingerprint density at radius 2 is 1.71 bits per heavy atom. The molecule has 8 nitrogen and oxygen atoms in total. The van der Waals surface area contributed by atoms with Gasteiger partial charge in [-0.05, 0) is 35.1 Å². The Hall–Kier alpha value is -3.39. The summed E-state index contributed by atoms with van der Waals surface area (Å²) >= 11 is 0. The van der Waals surface area contributed by atoms with Crippen LogP contribution in [0.5, 0.6) is 0 Å². The van der Waals surface area contributed by atoms with Gasteiger partial charge >= 0.3 is 12.1 Å². The number of hydrogen-bond acceptors (Lipinski definition) is 5. The van der Waals surface area contributed by atoms with Gasteiger partial charge in [-0.2, -0.15) is 0 Å². The fourth-order valence-electron chi connectivity index (χ4n) is 4.98. The van der Waals surface area contributed by atoms with Crippen LogP contribution in [0.25, 0.3) is 11.1 Å². The van der Waals surface area contributed by atoms with E-state index in [0.29, 0.717) is 19.4 Å². The van der Waals surface area contributed by atoms with Gasteiger partial charge in [-0.15, -0.1) is 0 Å². The topological polar surface area (TPSA) is 114 Å². The van der Waals surface area contributed by atoms with Gasteiger partial charge in [-0.3, -0.25) is 9.59 Å². The van der Waals surface area contributed by atoms with Crippen molar-refractivity contribution < 1.29 is 29.0 Å². The molecule has 3 atom stereocenters. The van der Waals surface area contributed by atoms with Crippen LogP contribution in [0, 0.1) is 11.8 Å². The molecule has 8 heteroatoms. The molecule has 0 spiro atoms. The molecule has 2 aromatic carbocycles. The zero-order chi connectivity index (χ0) is 24.8. The number of carbonyl (C=O) groups is 3. The molecule has 1 saturated heterocycles. The molecule has 2 aliphatic rings. The van der Waals surface area contributed by atoms with E-state index in [0.717, 1.165) is 28.7 Å². The summed E-state index contributed by atoms with van der Waals surface area (Å²) in [5, 5.41) is 14.7. The molecule has 2 aromatic rings. The molecule has 0 radical (unpaired) electrons. The van der Waals surface area contributed by atoms with Gasteiger partial charge in [0.1, 0.15) is 12.7 Å². The second-order valence-corrected chi connectivity index (χ2v) is 9.12. The number of rotatable bonds is 10. The minimum absolute atomic E-state index is 0.0215. The van der Waals surface area contributed by atoms with Gasteiger partial charge in [0.15, 0.2) is 0 Å². The Balaban J connectivity index is 1.27. The molecule has 0 bridgehead atoms. The molecule has 1 aliphatic carbocycles. The molecule has 0 aromatic heterocycles. The minimum Gasteiger partial charge on any atom is -0.481 e. The highest BCUT2D eigenvalue weighted by molar-refractivity contribution is 5.82. The average molecular weight is 481 g/mol. The minimum atomic E-state index is -0.923. The summed E-state index contributed by atoms with van der Waals surface area (Å²) in [5.41, 5.74) is 4.62. The zero-order valence-corrected chi connectivity index (χ0v) is 19.9. The molecule has 3 N–H and O–H groups in total. The van der Waals surface area contributed by atoms with Gasteiger partial charge < -0.3 is 25.2 Å². The van der Waals surface area contributed by atoms with Crippen LogP contribution in [0.4, 0.5) is 4.79 Å². The Bertz CT molecular complexity index is 1030. The lowest BCUT2D eigenvalue weighted by atomic mass is 9.98. The van der Waals surface area contributed by atoms with Crippen LogP contribution < -0.4 is 10.6 Å². The van der Waals surface area contributed by atoms with Gasteiger partial charge in [0.2, 0.25) is 5.91 Å². The van der Waals surface area contributed by atoms with Crippen molar-refractivity contribution in [1.29, 1.82) is 0 Å². The summed E-state index contributed by atoms with van der Waals surface area (Å²) < 4.78 is 11.2. The Kier molecular flexibility index (Phi) is 8.02. The first-order valence-electron chi connectivity index (χ1n) is 12.2. The molecular weight excluding hydrogens is 448 g/mol. The van der Waals surface area contributed by atoms with E-state index < -0.39 is 24.1 Å². The Morgan fingerprint density at radius 3 is 2.34 bits per heavy atom. The predicted molar refractivity (Wildman–Crippen MR) is 130 cm³/mol. The average Bonchev–Trinajstić information content (AvgIpc) is 3.46. The lowest BCUT2D eigenvalue weighted by molar-refractivity contribution is -0.142. The number of ether oxygens (including phenoxy) is 2. The van der Waals surface area contributed by atoms with Crippen molar-refractivity contribution in [3.8, 4) is 11.1 Å². The van der Waals surface area contributed by atoms with Gasteiger partial charge in [0, 0.05) is 31.5 Å². The van der Waals surface area contributed by atoms with E-state index in [1.165, 1.54) is 0 Å². The van der Waals surface area contributed by atoms with Gasteiger partial charge in [0.05, 0.1) is 5.92 Å². The van der Waals surface area contributed by atoms with Crippen LogP contribution in [0.15, 0.2) is 48.5 Å². The standard InChI is InChI=1S/C27H32N2O6/c1-2-7-18(26(31)32)15-28-25(30)24-17(12-13-34-24)14-29-27(33)35-16-23-21-10-5-3-8-19(21)20-9-4-6-11-22(20)23/h3-6,8-11,17-18,23-24H,2,7,12-16H2,1H3,(H,28,30)(H,29,33)(H,31,32). The molecular formula is C27H32N2O6. The first-order valence-corrected chi connectivity index (χ1v) is 12.2. The first kappa shape index (κ1) is 24.7. The van der Waals surface area contributed by atoms with E-state index >= 15 is 0 Å². The molecule has 186 valence electrons. The fourth-order valence-corrected chi connectivity index (χ4v) is 4.98. The molecule has 0 saturated carbocycles. The number of carbonyl (C=O) groups excluding carboxylic acids is 2. The van der Waals surface area contributed by atoms with E-state index in [9.17, 15) is 19.5 Å². The quantitative estimate of drug-likeness (QED) is 0.479. The van der Waals surface area contributed by atoms with Crippen molar-refractivity contribution >= 4 is 18.0 Å². The van der Waals surface area contributed by atoms with Crippen LogP contribution in [0.3, 0.4) is 0 Å². The third kappa shape index (κ3) is 5.65. The van der Waals surface area contributed by atoms with E-state index in [4.69, 9.17) is 9.47 Å². The van der Waals surface area contributed by atoms with E-state index in [1.807, 2.05) is 31.2 Å². The molecule has 2 amide bonds. The van der Waals surface area contributed by atoms with Gasteiger partial charge in [-0.25, -0.2) is 4.79 Å². The van der Waals surface area contributed by atoms with Gasteiger partial charge in [-0.1, -0.05) is 61.9 Å². The third-order valence-electron chi connectivity index (χ3n) is 6.83. The van der Waals surface area contributed by atoms with Crippen LogP contribution >= 0.6 is 0 Å². The van der Waals surface area contributed by atoms with Crippen LogP contribution in [0.2, 0.25) is 0 Å². The number of aliphatic carboxylic acids is 1. The van der Waals surface area contributed by atoms with Crippen molar-refractivity contribution in [2.75, 3.05) is 26.3 Å². The highest BCUT2D eigenvalue weighted by Gasteiger charge is 2.35. The maximum absolute atomic E-state index is 12.6. The van der Waals surface area contributed by atoms with Gasteiger partial charge in [0.25, 0.3) is 0 Å². The third-order valence-corrected chi connectivity index (χ3v) is 6.83. The van der Waals surface area contributed by atoms with E-state index in [1.54, 1.807) is 0 Å². The van der Waals surface area contributed by atoms with Crippen molar-refractivity contribution in [3.63, 3.8) is 0 Å². The molecule has 4 rings (SSSR count). The van der Waals surface area contributed by atoms with Crippen LogP contribution in [-0.4, -0.2) is 55.5 Å². The van der Waals surface area contributed by atoms with Crippen LogP contribution in [-0.2, 0) is 19.1 Å². The number of nitrogens with one attached hydrogen (secondary N) is 2.